The highest BCUT2D eigenvalue weighted by Gasteiger charge is 2.22. The van der Waals surface area contributed by atoms with E-state index in [1.165, 1.54) is 0 Å². The number of benzene rings is 6. The first kappa shape index (κ1) is 31.0. The Morgan fingerprint density at radius 2 is 1.23 bits per heavy atom. The van der Waals surface area contributed by atoms with Gasteiger partial charge in [0.15, 0.2) is 0 Å². The van der Waals surface area contributed by atoms with Crippen LogP contribution in [0.3, 0.4) is 0 Å². The van der Waals surface area contributed by atoms with Crippen molar-refractivity contribution in [1.29, 1.82) is 0 Å². The molecule has 0 radical (unpaired) electrons. The summed E-state index contributed by atoms with van der Waals surface area (Å²) in [6.07, 6.45) is 2.65. The number of methoxy groups -OCH3 is 1. The normalized spacial score (nSPS) is 11.0. The van der Waals surface area contributed by atoms with Gasteiger partial charge in [-0.2, -0.15) is 0 Å². The van der Waals surface area contributed by atoms with Crippen LogP contribution < -0.4 is 18.9 Å². The van der Waals surface area contributed by atoms with Crippen LogP contribution in [0.5, 0.6) is 28.7 Å². The zero-order valence-corrected chi connectivity index (χ0v) is 26.2. The van der Waals surface area contributed by atoms with Crippen molar-refractivity contribution in [1.82, 2.24) is 0 Å². The van der Waals surface area contributed by atoms with Gasteiger partial charge in [-0.05, 0) is 77.7 Å². The van der Waals surface area contributed by atoms with Crippen molar-refractivity contribution in [2.24, 2.45) is 0 Å². The molecule has 6 aromatic rings. The van der Waals surface area contributed by atoms with E-state index in [9.17, 15) is 4.79 Å². The van der Waals surface area contributed by atoms with Crippen molar-refractivity contribution < 1.29 is 28.8 Å². The summed E-state index contributed by atoms with van der Waals surface area (Å²) in [4.78, 5) is 11.0. The van der Waals surface area contributed by atoms with Gasteiger partial charge in [-0.25, -0.2) is 4.79 Å². The quantitative estimate of drug-likeness (QED) is 0.137. The first-order valence-electron chi connectivity index (χ1n) is 15.3. The zero-order valence-electron chi connectivity index (χ0n) is 26.2. The summed E-state index contributed by atoms with van der Waals surface area (Å²) in [5.41, 5.74) is 5.66. The Labute approximate surface area is 274 Å². The minimum atomic E-state index is -1.00. The van der Waals surface area contributed by atoms with Gasteiger partial charge in [-0.15, -0.1) is 0 Å². The van der Waals surface area contributed by atoms with E-state index in [4.69, 9.17) is 24.1 Å². The molecule has 0 amide bonds. The van der Waals surface area contributed by atoms with Gasteiger partial charge in [0.2, 0.25) is 0 Å². The monoisotopic (exact) mass is 622 g/mol. The largest absolute Gasteiger partial charge is 0.496 e. The smallest absolute Gasteiger partial charge is 0.328 e. The number of fused-ring (bicyclic) bond motifs is 1. The molecule has 6 heteroatoms. The summed E-state index contributed by atoms with van der Waals surface area (Å²) < 4.78 is 24.9. The van der Waals surface area contributed by atoms with Gasteiger partial charge in [0.05, 0.1) is 7.11 Å². The third-order valence-electron chi connectivity index (χ3n) is 7.79. The SMILES string of the molecule is COc1c(C)c(-c2ccc(OCc3ccccc3)cc2)c(Oc2ccc(C=CC(=O)O)cc2)c2ccc(OCc3ccccc3)cc12. The van der Waals surface area contributed by atoms with E-state index in [0.717, 1.165) is 61.7 Å². The Kier molecular flexibility index (Phi) is 9.49. The van der Waals surface area contributed by atoms with Crippen molar-refractivity contribution in [3.8, 4) is 39.9 Å². The van der Waals surface area contributed by atoms with Gasteiger partial charge in [0.25, 0.3) is 0 Å². The molecule has 6 aromatic carbocycles. The summed E-state index contributed by atoms with van der Waals surface area (Å²) in [7, 11) is 1.67. The maximum atomic E-state index is 11.0. The number of hydrogen-bond acceptors (Lipinski definition) is 5. The fourth-order valence-corrected chi connectivity index (χ4v) is 5.47. The van der Waals surface area contributed by atoms with E-state index in [1.807, 2.05) is 134 Å². The summed E-state index contributed by atoms with van der Waals surface area (Å²) >= 11 is 0. The van der Waals surface area contributed by atoms with Crippen LogP contribution >= 0.6 is 0 Å². The van der Waals surface area contributed by atoms with E-state index >= 15 is 0 Å². The van der Waals surface area contributed by atoms with Gasteiger partial charge in [0, 0.05) is 28.0 Å². The summed E-state index contributed by atoms with van der Waals surface area (Å²) in [6, 6.07) is 41.3. The average Bonchev–Trinajstić information content (AvgIpc) is 3.11. The second-order valence-corrected chi connectivity index (χ2v) is 11.0. The van der Waals surface area contributed by atoms with Gasteiger partial charge in [-0.1, -0.05) is 84.9 Å². The predicted octanol–water partition coefficient (Wildman–Crippen LogP) is 9.87. The van der Waals surface area contributed by atoms with E-state index in [2.05, 4.69) is 0 Å². The van der Waals surface area contributed by atoms with Crippen LogP contribution in [0.1, 0.15) is 22.3 Å². The number of hydrogen-bond donors (Lipinski definition) is 1. The molecular weight excluding hydrogens is 588 g/mol. The molecule has 6 rings (SSSR count). The minimum absolute atomic E-state index is 0.441. The first-order valence-corrected chi connectivity index (χ1v) is 15.3. The van der Waals surface area contributed by atoms with E-state index in [1.54, 1.807) is 13.2 Å². The molecule has 0 bridgehead atoms. The van der Waals surface area contributed by atoms with Crippen LogP contribution in [0.2, 0.25) is 0 Å². The molecule has 47 heavy (non-hydrogen) atoms. The molecule has 0 saturated carbocycles. The first-order chi connectivity index (χ1) is 23.0. The zero-order chi connectivity index (χ0) is 32.6. The Hall–Kier alpha value is -6.01. The molecule has 1 N–H and O–H groups in total. The average molecular weight is 623 g/mol. The molecular formula is C41H34O6. The van der Waals surface area contributed by atoms with Crippen molar-refractivity contribution in [3.63, 3.8) is 0 Å². The molecule has 6 nitrogen and oxygen atoms in total. The molecule has 0 spiro atoms. The number of ether oxygens (including phenoxy) is 4. The fraction of sp³-hybridized carbons (Fsp3) is 0.0976. The lowest BCUT2D eigenvalue weighted by Gasteiger charge is -2.21. The molecule has 0 heterocycles. The highest BCUT2D eigenvalue weighted by Crippen LogP contribution is 2.48. The van der Waals surface area contributed by atoms with Crippen LogP contribution in [0, 0.1) is 6.92 Å². The number of carboxylic acids is 1. The van der Waals surface area contributed by atoms with Crippen LogP contribution in [-0.2, 0) is 18.0 Å². The molecule has 0 aliphatic heterocycles. The third kappa shape index (κ3) is 7.45. The van der Waals surface area contributed by atoms with Crippen LogP contribution in [0.25, 0.3) is 28.0 Å². The van der Waals surface area contributed by atoms with E-state index in [-0.39, 0.29) is 0 Å². The summed E-state index contributed by atoms with van der Waals surface area (Å²) in [5.74, 6) is 2.48. The van der Waals surface area contributed by atoms with Crippen molar-refractivity contribution in [3.05, 3.63) is 156 Å². The highest BCUT2D eigenvalue weighted by atomic mass is 16.5. The third-order valence-corrected chi connectivity index (χ3v) is 7.79. The topological polar surface area (TPSA) is 74.2 Å². The summed E-state index contributed by atoms with van der Waals surface area (Å²) in [6.45, 7) is 2.94. The van der Waals surface area contributed by atoms with Crippen LogP contribution in [-0.4, -0.2) is 18.2 Å². The standard InChI is InChI=1S/C41H34O6/c1-28-39(32-16-20-33(21-17-32)45-26-30-9-5-3-6-10-30)41(47-34-18-13-29(14-19-34)15-24-38(42)43)36-23-22-35(25-37(36)40(28)44-2)46-27-31-11-7-4-8-12-31/h3-25H,26-27H2,1-2H3,(H,42,43). The van der Waals surface area contributed by atoms with E-state index < -0.39 is 5.97 Å². The molecule has 0 atom stereocenters. The van der Waals surface area contributed by atoms with Gasteiger partial charge < -0.3 is 24.1 Å². The molecule has 0 aliphatic carbocycles. The van der Waals surface area contributed by atoms with Crippen molar-refractivity contribution in [2.75, 3.05) is 7.11 Å². The number of carbonyl (C=O) groups is 1. The van der Waals surface area contributed by atoms with Crippen LogP contribution in [0.15, 0.2) is 133 Å². The molecule has 0 aromatic heterocycles. The predicted molar refractivity (Wildman–Crippen MR) is 185 cm³/mol. The molecule has 234 valence electrons. The Bertz CT molecular complexity index is 2000. The number of carboxylic acid groups (broad SMARTS) is 1. The molecule has 0 saturated heterocycles. The highest BCUT2D eigenvalue weighted by molar-refractivity contribution is 6.02. The minimum Gasteiger partial charge on any atom is -0.496 e. The number of aliphatic carboxylic acids is 1. The van der Waals surface area contributed by atoms with Crippen LogP contribution in [0.4, 0.5) is 0 Å². The Balaban J connectivity index is 1.39. The molecule has 0 aliphatic rings. The van der Waals surface area contributed by atoms with Gasteiger partial charge in [0.1, 0.15) is 42.0 Å². The fourth-order valence-electron chi connectivity index (χ4n) is 5.47. The molecule has 0 fully saturated rings. The number of rotatable bonds is 12. The lowest BCUT2D eigenvalue weighted by molar-refractivity contribution is -0.131. The lowest BCUT2D eigenvalue weighted by atomic mass is 9.93. The van der Waals surface area contributed by atoms with Gasteiger partial charge >= 0.3 is 5.97 Å². The summed E-state index contributed by atoms with van der Waals surface area (Å²) in [5, 5.41) is 10.7. The lowest BCUT2D eigenvalue weighted by Crippen LogP contribution is -2.00. The Morgan fingerprint density at radius 3 is 1.83 bits per heavy atom. The van der Waals surface area contributed by atoms with E-state index in [0.29, 0.717) is 30.5 Å². The maximum absolute atomic E-state index is 11.0. The molecule has 0 unspecified atom stereocenters. The Morgan fingerprint density at radius 1 is 0.660 bits per heavy atom. The maximum Gasteiger partial charge on any atom is 0.328 e. The second kappa shape index (κ2) is 14.4. The second-order valence-electron chi connectivity index (χ2n) is 11.0. The van der Waals surface area contributed by atoms with Crippen molar-refractivity contribution in [2.45, 2.75) is 20.1 Å². The van der Waals surface area contributed by atoms with Gasteiger partial charge in [-0.3, -0.25) is 0 Å². The van der Waals surface area contributed by atoms with Crippen molar-refractivity contribution >= 4 is 22.8 Å².